The van der Waals surface area contributed by atoms with Gasteiger partial charge < -0.3 is 4.90 Å². The van der Waals surface area contributed by atoms with Crippen LogP contribution in [0.5, 0.6) is 0 Å². The van der Waals surface area contributed by atoms with Gasteiger partial charge in [-0.3, -0.25) is 4.79 Å². The fourth-order valence-corrected chi connectivity index (χ4v) is 4.35. The average molecular weight is 370 g/mol. The molecule has 2 nitrogen and oxygen atoms in total. The highest BCUT2D eigenvalue weighted by Gasteiger charge is 2.35. The number of amides is 1. The van der Waals surface area contributed by atoms with Gasteiger partial charge in [0.25, 0.3) is 0 Å². The Labute approximate surface area is 167 Å². The molecule has 1 unspecified atom stereocenters. The van der Waals surface area contributed by atoms with Gasteiger partial charge in [-0.2, -0.15) is 0 Å². The second-order valence-electron chi connectivity index (χ2n) is 7.57. The van der Waals surface area contributed by atoms with Gasteiger partial charge in [0.1, 0.15) is 0 Å². The Bertz CT molecular complexity index is 831. The number of hydrogen-bond acceptors (Lipinski definition) is 1. The highest BCUT2D eigenvalue weighted by atomic mass is 16.2. The maximum absolute atomic E-state index is 13.8. The van der Waals surface area contributed by atoms with Crippen LogP contribution in [0.3, 0.4) is 0 Å². The third-order valence-electron chi connectivity index (χ3n) is 5.74. The van der Waals surface area contributed by atoms with E-state index in [9.17, 15) is 4.79 Å². The Balaban J connectivity index is 1.82. The number of likely N-dealkylation sites (tertiary alicyclic amines) is 1. The van der Waals surface area contributed by atoms with E-state index in [-0.39, 0.29) is 17.7 Å². The molecule has 0 saturated carbocycles. The summed E-state index contributed by atoms with van der Waals surface area (Å²) in [7, 11) is 0. The minimum atomic E-state index is -0.218. The summed E-state index contributed by atoms with van der Waals surface area (Å²) in [5.74, 6) is 0.0342. The van der Waals surface area contributed by atoms with E-state index in [0.29, 0.717) is 0 Å². The highest BCUT2D eigenvalue weighted by Crippen LogP contribution is 2.40. The summed E-state index contributed by atoms with van der Waals surface area (Å²) in [6, 6.07) is 31.3. The first-order valence-corrected chi connectivity index (χ1v) is 10.3. The van der Waals surface area contributed by atoms with Crippen LogP contribution in [0.25, 0.3) is 0 Å². The van der Waals surface area contributed by atoms with Crippen molar-refractivity contribution in [3.8, 4) is 0 Å². The predicted octanol–water partition coefficient (Wildman–Crippen LogP) is 5.61. The molecule has 1 aliphatic heterocycles. The van der Waals surface area contributed by atoms with E-state index in [4.69, 9.17) is 0 Å². The molecule has 3 aromatic rings. The molecule has 1 heterocycles. The number of nitrogens with zero attached hydrogens (tertiary/aromatic N) is 1. The summed E-state index contributed by atoms with van der Waals surface area (Å²) in [6.07, 6.45) is 3.43. The van der Waals surface area contributed by atoms with Crippen molar-refractivity contribution in [3.63, 3.8) is 0 Å². The average Bonchev–Trinajstić information content (AvgIpc) is 2.79. The van der Waals surface area contributed by atoms with Crippen molar-refractivity contribution in [2.24, 2.45) is 0 Å². The number of carbonyl (C=O) groups is 1. The smallest absolute Gasteiger partial charge is 0.231 e. The van der Waals surface area contributed by atoms with Gasteiger partial charge in [-0.1, -0.05) is 91.0 Å². The first-order valence-electron chi connectivity index (χ1n) is 10.3. The molecule has 0 aliphatic carbocycles. The molecule has 3 aromatic carbocycles. The molecule has 1 amide bonds. The molecule has 0 N–H and O–H groups in total. The van der Waals surface area contributed by atoms with E-state index < -0.39 is 0 Å². The Hall–Kier alpha value is -2.87. The van der Waals surface area contributed by atoms with E-state index in [0.717, 1.165) is 31.5 Å². The van der Waals surface area contributed by atoms with Gasteiger partial charge in [0.05, 0.1) is 5.92 Å². The van der Waals surface area contributed by atoms with Crippen molar-refractivity contribution in [1.82, 2.24) is 4.90 Å². The minimum Gasteiger partial charge on any atom is -0.342 e. The first kappa shape index (κ1) is 18.5. The Morgan fingerprint density at radius 3 is 1.50 bits per heavy atom. The van der Waals surface area contributed by atoms with Gasteiger partial charge in [-0.15, -0.1) is 0 Å². The monoisotopic (exact) mass is 369 g/mol. The van der Waals surface area contributed by atoms with Crippen molar-refractivity contribution >= 4 is 5.91 Å². The standard InChI is InChI=1S/C26H27NO/c28-26(27-19-11-4-12-20-27)25(23-17-9-3-10-18-23)24(21-13-5-1-6-14-21)22-15-7-2-8-16-22/h1-3,5-10,13-18,24-25H,4,11-12,19-20H2. The van der Waals surface area contributed by atoms with E-state index >= 15 is 0 Å². The fourth-order valence-electron chi connectivity index (χ4n) is 4.35. The van der Waals surface area contributed by atoms with Crippen LogP contribution in [0.4, 0.5) is 0 Å². The van der Waals surface area contributed by atoms with E-state index in [1.54, 1.807) is 0 Å². The molecule has 0 bridgehead atoms. The second-order valence-corrected chi connectivity index (χ2v) is 7.57. The van der Waals surface area contributed by atoms with Crippen LogP contribution in [-0.2, 0) is 4.79 Å². The molecule has 0 radical (unpaired) electrons. The number of piperidine rings is 1. The lowest BCUT2D eigenvalue weighted by Gasteiger charge is -2.35. The number of hydrogen-bond donors (Lipinski definition) is 0. The third-order valence-corrected chi connectivity index (χ3v) is 5.74. The van der Waals surface area contributed by atoms with Crippen LogP contribution in [0.15, 0.2) is 91.0 Å². The molecule has 142 valence electrons. The largest absolute Gasteiger partial charge is 0.342 e. The van der Waals surface area contributed by atoms with Crippen LogP contribution in [0.2, 0.25) is 0 Å². The van der Waals surface area contributed by atoms with Gasteiger partial charge in [-0.25, -0.2) is 0 Å². The molecule has 1 saturated heterocycles. The quantitative estimate of drug-likeness (QED) is 0.572. The highest BCUT2D eigenvalue weighted by molar-refractivity contribution is 5.86. The molecule has 1 aliphatic rings. The van der Waals surface area contributed by atoms with Crippen molar-refractivity contribution in [1.29, 1.82) is 0 Å². The van der Waals surface area contributed by atoms with E-state index in [2.05, 4.69) is 65.6 Å². The van der Waals surface area contributed by atoms with Gasteiger partial charge >= 0.3 is 0 Å². The Morgan fingerprint density at radius 2 is 1.04 bits per heavy atom. The van der Waals surface area contributed by atoms with Crippen molar-refractivity contribution in [2.75, 3.05) is 13.1 Å². The molecule has 4 rings (SSSR count). The van der Waals surface area contributed by atoms with Crippen LogP contribution in [-0.4, -0.2) is 23.9 Å². The number of rotatable bonds is 5. The lowest BCUT2D eigenvalue weighted by molar-refractivity contribution is -0.134. The van der Waals surface area contributed by atoms with Gasteiger partial charge in [0.15, 0.2) is 0 Å². The lowest BCUT2D eigenvalue weighted by atomic mass is 9.76. The topological polar surface area (TPSA) is 20.3 Å². The molecule has 28 heavy (non-hydrogen) atoms. The van der Waals surface area contributed by atoms with E-state index in [1.165, 1.54) is 17.5 Å². The lowest BCUT2D eigenvalue weighted by Crippen LogP contribution is -2.40. The van der Waals surface area contributed by atoms with Crippen LogP contribution < -0.4 is 0 Å². The summed E-state index contributed by atoms with van der Waals surface area (Å²) < 4.78 is 0. The molecular formula is C26H27NO. The zero-order chi connectivity index (χ0) is 19.2. The Morgan fingerprint density at radius 1 is 0.607 bits per heavy atom. The summed E-state index contributed by atoms with van der Waals surface area (Å²) in [5.41, 5.74) is 3.47. The van der Waals surface area contributed by atoms with Crippen molar-refractivity contribution in [2.45, 2.75) is 31.1 Å². The maximum Gasteiger partial charge on any atom is 0.231 e. The third kappa shape index (κ3) is 4.01. The summed E-state index contributed by atoms with van der Waals surface area (Å²) in [6.45, 7) is 1.75. The van der Waals surface area contributed by atoms with Crippen molar-refractivity contribution < 1.29 is 4.79 Å². The molecular weight excluding hydrogens is 342 g/mol. The molecule has 2 heteroatoms. The number of carbonyl (C=O) groups excluding carboxylic acids is 1. The molecule has 0 aromatic heterocycles. The van der Waals surface area contributed by atoms with Crippen LogP contribution >= 0.6 is 0 Å². The van der Waals surface area contributed by atoms with Gasteiger partial charge in [-0.05, 0) is 36.0 Å². The summed E-state index contributed by atoms with van der Waals surface area (Å²) in [4.78, 5) is 15.9. The number of benzene rings is 3. The SMILES string of the molecule is O=C(C(c1ccccc1)C(c1ccccc1)c1ccccc1)N1CCCCC1. The summed E-state index contributed by atoms with van der Waals surface area (Å²) >= 11 is 0. The van der Waals surface area contributed by atoms with Crippen LogP contribution in [0, 0.1) is 0 Å². The fraction of sp³-hybridized carbons (Fsp3) is 0.269. The first-order chi connectivity index (χ1) is 13.8. The Kier molecular flexibility index (Phi) is 5.86. The molecule has 1 fully saturated rings. The van der Waals surface area contributed by atoms with Gasteiger partial charge in [0, 0.05) is 19.0 Å². The van der Waals surface area contributed by atoms with Crippen LogP contribution in [0.1, 0.15) is 47.8 Å². The maximum atomic E-state index is 13.8. The zero-order valence-electron chi connectivity index (χ0n) is 16.2. The van der Waals surface area contributed by atoms with Crippen molar-refractivity contribution in [3.05, 3.63) is 108 Å². The molecule has 0 spiro atoms. The normalized spacial score (nSPS) is 15.4. The predicted molar refractivity (Wildman–Crippen MR) is 114 cm³/mol. The summed E-state index contributed by atoms with van der Waals surface area (Å²) in [5, 5.41) is 0. The second kappa shape index (κ2) is 8.88. The minimum absolute atomic E-state index is 0.000716. The molecule has 1 atom stereocenters. The zero-order valence-corrected chi connectivity index (χ0v) is 16.2. The van der Waals surface area contributed by atoms with E-state index in [1.807, 2.05) is 30.3 Å². The van der Waals surface area contributed by atoms with Gasteiger partial charge in [0.2, 0.25) is 5.91 Å².